The lowest BCUT2D eigenvalue weighted by Crippen LogP contribution is -2.38. The normalized spacial score (nSPS) is 10.8. The van der Waals surface area contributed by atoms with Crippen LogP contribution in [0, 0.1) is 0 Å². The lowest BCUT2D eigenvalue weighted by Gasteiger charge is -2.13. The molecule has 0 amide bonds. The Bertz CT molecular complexity index is 745. The predicted molar refractivity (Wildman–Crippen MR) is 125 cm³/mol. The van der Waals surface area contributed by atoms with E-state index in [1.54, 1.807) is 12.1 Å². The van der Waals surface area contributed by atoms with Crippen LogP contribution >= 0.6 is 35.6 Å². The van der Waals surface area contributed by atoms with Gasteiger partial charge in [0.15, 0.2) is 17.5 Å². The Morgan fingerprint density at radius 1 is 1.04 bits per heavy atom. The summed E-state index contributed by atoms with van der Waals surface area (Å²) in [6, 6.07) is 11.3. The van der Waals surface area contributed by atoms with Crippen LogP contribution in [0.15, 0.2) is 41.4 Å². The molecule has 0 radical (unpaired) electrons. The first-order chi connectivity index (χ1) is 13.1. The zero-order valence-corrected chi connectivity index (χ0v) is 19.4. The van der Waals surface area contributed by atoms with E-state index in [4.69, 9.17) is 21.1 Å². The Morgan fingerprint density at radius 2 is 1.64 bits per heavy atom. The summed E-state index contributed by atoms with van der Waals surface area (Å²) in [6.45, 7) is 3.94. The number of aliphatic imine (C=N–C) groups is 1. The SMILES string of the molecule is CCNC(=NCc1cc(OC)c(O)c(OC)c1)NCCc1ccc(Cl)cc1.I. The van der Waals surface area contributed by atoms with Crippen molar-refractivity contribution >= 4 is 41.5 Å². The number of nitrogens with zero attached hydrogens (tertiary/aromatic N) is 1. The molecule has 0 aliphatic heterocycles. The zero-order chi connectivity index (χ0) is 19.6. The average molecular weight is 520 g/mol. The summed E-state index contributed by atoms with van der Waals surface area (Å²) in [5.74, 6) is 1.43. The molecule has 154 valence electrons. The molecule has 2 rings (SSSR count). The fourth-order valence-electron chi connectivity index (χ4n) is 2.53. The van der Waals surface area contributed by atoms with E-state index in [0.29, 0.717) is 18.0 Å². The van der Waals surface area contributed by atoms with E-state index in [1.165, 1.54) is 19.8 Å². The molecule has 28 heavy (non-hydrogen) atoms. The second kappa shape index (κ2) is 12.6. The highest BCUT2D eigenvalue weighted by Gasteiger charge is 2.11. The number of hydrogen-bond donors (Lipinski definition) is 3. The molecule has 6 nitrogen and oxygen atoms in total. The number of nitrogens with one attached hydrogen (secondary N) is 2. The van der Waals surface area contributed by atoms with Gasteiger partial charge in [0, 0.05) is 18.1 Å². The van der Waals surface area contributed by atoms with Crippen molar-refractivity contribution in [1.82, 2.24) is 10.6 Å². The lowest BCUT2D eigenvalue weighted by atomic mass is 10.1. The highest BCUT2D eigenvalue weighted by Crippen LogP contribution is 2.37. The molecule has 0 fully saturated rings. The van der Waals surface area contributed by atoms with Crippen molar-refractivity contribution in [2.75, 3.05) is 27.3 Å². The average Bonchev–Trinajstić information content (AvgIpc) is 2.68. The first-order valence-corrected chi connectivity index (χ1v) is 9.15. The highest BCUT2D eigenvalue weighted by molar-refractivity contribution is 14.0. The van der Waals surface area contributed by atoms with E-state index in [1.807, 2.05) is 31.2 Å². The van der Waals surface area contributed by atoms with E-state index in [9.17, 15) is 5.11 Å². The molecule has 8 heteroatoms. The molecule has 0 unspecified atom stereocenters. The van der Waals surface area contributed by atoms with Gasteiger partial charge in [-0.05, 0) is 48.7 Å². The molecule has 0 heterocycles. The van der Waals surface area contributed by atoms with Crippen LogP contribution in [-0.2, 0) is 13.0 Å². The molecule has 2 aromatic carbocycles. The monoisotopic (exact) mass is 519 g/mol. The largest absolute Gasteiger partial charge is 0.502 e. The third kappa shape index (κ3) is 7.27. The van der Waals surface area contributed by atoms with Gasteiger partial charge in [0.25, 0.3) is 0 Å². The Kier molecular flexibility index (Phi) is 10.8. The quantitative estimate of drug-likeness (QED) is 0.280. The van der Waals surface area contributed by atoms with Crippen molar-refractivity contribution in [2.45, 2.75) is 19.9 Å². The van der Waals surface area contributed by atoms with E-state index in [-0.39, 0.29) is 29.7 Å². The van der Waals surface area contributed by atoms with Crippen LogP contribution in [0.3, 0.4) is 0 Å². The Hall–Kier alpha value is -1.87. The first-order valence-electron chi connectivity index (χ1n) is 8.77. The Balaban J connectivity index is 0.00000392. The van der Waals surface area contributed by atoms with Crippen molar-refractivity contribution in [3.8, 4) is 17.2 Å². The smallest absolute Gasteiger partial charge is 0.200 e. The fraction of sp³-hybridized carbons (Fsp3) is 0.350. The summed E-state index contributed by atoms with van der Waals surface area (Å²) in [5.41, 5.74) is 2.08. The van der Waals surface area contributed by atoms with Gasteiger partial charge in [-0.3, -0.25) is 0 Å². The van der Waals surface area contributed by atoms with E-state index in [2.05, 4.69) is 15.6 Å². The van der Waals surface area contributed by atoms with Crippen molar-refractivity contribution in [3.63, 3.8) is 0 Å². The fourth-order valence-corrected chi connectivity index (χ4v) is 2.65. The molecule has 0 aliphatic carbocycles. The maximum absolute atomic E-state index is 10.00. The maximum atomic E-state index is 10.00. The molecule has 3 N–H and O–H groups in total. The van der Waals surface area contributed by atoms with Crippen LogP contribution < -0.4 is 20.1 Å². The molecule has 0 bridgehead atoms. The van der Waals surface area contributed by atoms with Gasteiger partial charge in [0.2, 0.25) is 5.75 Å². The molecular weight excluding hydrogens is 493 g/mol. The lowest BCUT2D eigenvalue weighted by molar-refractivity contribution is 0.339. The molecule has 0 aliphatic rings. The van der Waals surface area contributed by atoms with Crippen LogP contribution in [0.1, 0.15) is 18.1 Å². The van der Waals surface area contributed by atoms with Gasteiger partial charge in [-0.1, -0.05) is 23.7 Å². The van der Waals surface area contributed by atoms with Crippen LogP contribution in [0.2, 0.25) is 5.02 Å². The Morgan fingerprint density at radius 3 is 2.18 bits per heavy atom. The second-order valence-corrected chi connectivity index (χ2v) is 6.28. The van der Waals surface area contributed by atoms with E-state index in [0.717, 1.165) is 36.1 Å². The van der Waals surface area contributed by atoms with Gasteiger partial charge in [-0.15, -0.1) is 24.0 Å². The van der Waals surface area contributed by atoms with Crippen LogP contribution in [0.5, 0.6) is 17.2 Å². The molecule has 0 saturated carbocycles. The molecule has 0 aromatic heterocycles. The van der Waals surface area contributed by atoms with Crippen molar-refractivity contribution < 1.29 is 14.6 Å². The second-order valence-electron chi connectivity index (χ2n) is 5.85. The third-order valence-electron chi connectivity index (χ3n) is 3.92. The minimum atomic E-state index is -0.0132. The predicted octanol–water partition coefficient (Wildman–Crippen LogP) is 3.98. The van der Waals surface area contributed by atoms with Gasteiger partial charge in [-0.2, -0.15) is 0 Å². The standard InChI is InChI=1S/C20H26ClN3O3.HI/c1-4-22-20(23-10-9-14-5-7-16(21)8-6-14)24-13-15-11-17(26-2)19(25)18(12-15)27-3;/h5-8,11-12,25H,4,9-10,13H2,1-3H3,(H2,22,23,24);1H. The number of ether oxygens (including phenoxy) is 2. The van der Waals surface area contributed by atoms with Gasteiger partial charge in [0.1, 0.15) is 0 Å². The van der Waals surface area contributed by atoms with Gasteiger partial charge < -0.3 is 25.2 Å². The summed E-state index contributed by atoms with van der Waals surface area (Å²) in [4.78, 5) is 4.59. The minimum Gasteiger partial charge on any atom is -0.502 e. The number of methoxy groups -OCH3 is 2. The number of rotatable bonds is 8. The molecule has 0 atom stereocenters. The number of hydrogen-bond acceptors (Lipinski definition) is 4. The maximum Gasteiger partial charge on any atom is 0.200 e. The number of phenolic OH excluding ortho intramolecular Hbond substituents is 1. The van der Waals surface area contributed by atoms with Crippen LogP contribution in [-0.4, -0.2) is 38.4 Å². The number of halogens is 2. The summed E-state index contributed by atoms with van der Waals surface area (Å²) in [5, 5.41) is 17.3. The van der Waals surface area contributed by atoms with Crippen LogP contribution in [0.4, 0.5) is 0 Å². The number of phenols is 1. The number of benzene rings is 2. The first kappa shape index (κ1) is 24.2. The molecule has 2 aromatic rings. The summed E-state index contributed by atoms with van der Waals surface area (Å²) in [6.07, 6.45) is 0.864. The summed E-state index contributed by atoms with van der Waals surface area (Å²) >= 11 is 5.91. The third-order valence-corrected chi connectivity index (χ3v) is 4.17. The van der Waals surface area contributed by atoms with E-state index < -0.39 is 0 Å². The molecule has 0 saturated heterocycles. The van der Waals surface area contributed by atoms with Crippen LogP contribution in [0.25, 0.3) is 0 Å². The van der Waals surface area contributed by atoms with Gasteiger partial charge in [0.05, 0.1) is 20.8 Å². The molecular formula is C20H27ClIN3O3. The zero-order valence-electron chi connectivity index (χ0n) is 16.3. The highest BCUT2D eigenvalue weighted by atomic mass is 127. The number of guanidine groups is 1. The van der Waals surface area contributed by atoms with Gasteiger partial charge in [-0.25, -0.2) is 4.99 Å². The Labute approximate surface area is 188 Å². The van der Waals surface area contributed by atoms with Crippen molar-refractivity contribution in [1.29, 1.82) is 0 Å². The topological polar surface area (TPSA) is 75.1 Å². The van der Waals surface area contributed by atoms with Gasteiger partial charge >= 0.3 is 0 Å². The minimum absolute atomic E-state index is 0. The van der Waals surface area contributed by atoms with Crippen molar-refractivity contribution in [3.05, 3.63) is 52.5 Å². The summed E-state index contributed by atoms with van der Waals surface area (Å²) < 4.78 is 10.4. The van der Waals surface area contributed by atoms with E-state index >= 15 is 0 Å². The summed E-state index contributed by atoms with van der Waals surface area (Å²) in [7, 11) is 3.01. The molecule has 0 spiro atoms. The number of aromatic hydroxyl groups is 1. The van der Waals surface area contributed by atoms with Crippen molar-refractivity contribution in [2.24, 2.45) is 4.99 Å².